The van der Waals surface area contributed by atoms with Crippen LogP contribution in [-0.4, -0.2) is 49.5 Å². The van der Waals surface area contributed by atoms with Gasteiger partial charge in [0.2, 0.25) is 0 Å². The van der Waals surface area contributed by atoms with Crippen molar-refractivity contribution < 1.29 is 34.0 Å². The van der Waals surface area contributed by atoms with Crippen LogP contribution in [-0.2, 0) is 23.8 Å². The van der Waals surface area contributed by atoms with Crippen molar-refractivity contribution in [1.29, 1.82) is 0 Å². The summed E-state index contributed by atoms with van der Waals surface area (Å²) in [5, 5.41) is 17.9. The van der Waals surface area contributed by atoms with Crippen molar-refractivity contribution >= 4 is 11.9 Å². The first-order chi connectivity index (χ1) is 9.71. The molecule has 0 aliphatic carbocycles. The van der Waals surface area contributed by atoms with Gasteiger partial charge in [0, 0.05) is 44.8 Å². The van der Waals surface area contributed by atoms with E-state index < -0.39 is 23.8 Å². The summed E-state index contributed by atoms with van der Waals surface area (Å²) in [6, 6.07) is 0. The average molecular weight is 302 g/mol. The first-order valence-corrected chi connectivity index (χ1v) is 6.20. The first kappa shape index (κ1) is 19.3. The number of rotatable bonds is 9. The minimum absolute atomic E-state index is 0.0895. The molecule has 0 rings (SSSR count). The summed E-state index contributed by atoms with van der Waals surface area (Å²) >= 11 is 0. The number of carbonyl (C=O) groups is 2. The standard InChI is InChI=1S/C14H22O7/c1-9(12(15)16)6-11(7-10(2)13(17)18)8-14(19-3,20-4)21-5/h6-7,11H,8H2,1-5H3,(H,15,16)(H,17,18). The zero-order valence-corrected chi connectivity index (χ0v) is 12.9. The highest BCUT2D eigenvalue weighted by Crippen LogP contribution is 2.26. The number of carboxylic acids is 2. The highest BCUT2D eigenvalue weighted by Gasteiger charge is 2.32. The van der Waals surface area contributed by atoms with Gasteiger partial charge in [-0.3, -0.25) is 0 Å². The van der Waals surface area contributed by atoms with Crippen LogP contribution in [0.3, 0.4) is 0 Å². The fraction of sp³-hybridized carbons (Fsp3) is 0.571. The number of hydrogen-bond acceptors (Lipinski definition) is 5. The second-order valence-electron chi connectivity index (χ2n) is 4.47. The third kappa shape index (κ3) is 6.07. The van der Waals surface area contributed by atoms with E-state index in [0.717, 1.165) is 0 Å². The molecule has 0 aromatic rings. The molecular formula is C14H22O7. The van der Waals surface area contributed by atoms with Crippen LogP contribution in [0.5, 0.6) is 0 Å². The Morgan fingerprint density at radius 1 is 0.952 bits per heavy atom. The van der Waals surface area contributed by atoms with E-state index in [1.807, 2.05) is 0 Å². The smallest absolute Gasteiger partial charge is 0.330 e. The maximum atomic E-state index is 10.9. The van der Waals surface area contributed by atoms with E-state index in [1.165, 1.54) is 47.3 Å². The molecule has 0 aliphatic rings. The maximum Gasteiger partial charge on any atom is 0.330 e. The maximum absolute atomic E-state index is 10.9. The van der Waals surface area contributed by atoms with E-state index in [1.54, 1.807) is 0 Å². The van der Waals surface area contributed by atoms with Gasteiger partial charge >= 0.3 is 11.9 Å². The van der Waals surface area contributed by atoms with Crippen molar-refractivity contribution in [3.05, 3.63) is 23.3 Å². The van der Waals surface area contributed by atoms with Gasteiger partial charge in [0.05, 0.1) is 0 Å². The second kappa shape index (κ2) is 8.56. The van der Waals surface area contributed by atoms with E-state index in [2.05, 4.69) is 0 Å². The Hall–Kier alpha value is -1.70. The number of aliphatic carboxylic acids is 2. The van der Waals surface area contributed by atoms with Crippen molar-refractivity contribution in [2.75, 3.05) is 21.3 Å². The van der Waals surface area contributed by atoms with Gasteiger partial charge in [-0.05, 0) is 13.8 Å². The Balaban J connectivity index is 5.52. The molecule has 0 aliphatic heterocycles. The summed E-state index contributed by atoms with van der Waals surface area (Å²) in [6.07, 6.45) is 2.97. The highest BCUT2D eigenvalue weighted by atomic mass is 16.9. The van der Waals surface area contributed by atoms with Crippen molar-refractivity contribution in [2.24, 2.45) is 5.92 Å². The molecule has 0 atom stereocenters. The number of ether oxygens (including phenoxy) is 3. The summed E-state index contributed by atoms with van der Waals surface area (Å²) < 4.78 is 15.5. The molecule has 120 valence electrons. The van der Waals surface area contributed by atoms with Crippen LogP contribution in [0.25, 0.3) is 0 Å². The van der Waals surface area contributed by atoms with Crippen LogP contribution < -0.4 is 0 Å². The third-order valence-electron chi connectivity index (χ3n) is 3.02. The Morgan fingerprint density at radius 2 is 1.29 bits per heavy atom. The number of allylic oxidation sites excluding steroid dienone is 2. The molecule has 0 unspecified atom stereocenters. The van der Waals surface area contributed by atoms with Gasteiger partial charge < -0.3 is 24.4 Å². The molecule has 2 N–H and O–H groups in total. The molecule has 0 radical (unpaired) electrons. The summed E-state index contributed by atoms with van der Waals surface area (Å²) in [4.78, 5) is 21.9. The van der Waals surface area contributed by atoms with E-state index in [-0.39, 0.29) is 17.6 Å². The largest absolute Gasteiger partial charge is 0.478 e. The SMILES string of the molecule is COC(CC(C=C(C)C(=O)O)C=C(C)C(=O)O)(OC)OC. The van der Waals surface area contributed by atoms with Crippen LogP contribution in [0.15, 0.2) is 23.3 Å². The topological polar surface area (TPSA) is 102 Å². The minimum atomic E-state index is -1.38. The van der Waals surface area contributed by atoms with Gasteiger partial charge in [-0.25, -0.2) is 9.59 Å². The van der Waals surface area contributed by atoms with Gasteiger partial charge in [0.1, 0.15) is 0 Å². The molecule has 0 aromatic heterocycles. The van der Waals surface area contributed by atoms with Crippen LogP contribution in [0.1, 0.15) is 20.3 Å². The van der Waals surface area contributed by atoms with Gasteiger partial charge in [-0.1, -0.05) is 12.2 Å². The molecule has 0 spiro atoms. The molecule has 0 fully saturated rings. The molecule has 0 aromatic carbocycles. The van der Waals surface area contributed by atoms with E-state index >= 15 is 0 Å². The summed E-state index contributed by atoms with van der Waals surface area (Å²) in [7, 11) is 4.14. The Labute approximate surface area is 123 Å². The fourth-order valence-corrected chi connectivity index (χ4v) is 1.74. The molecule has 0 heterocycles. The lowest BCUT2D eigenvalue weighted by atomic mass is 9.98. The first-order valence-electron chi connectivity index (χ1n) is 6.20. The zero-order chi connectivity index (χ0) is 16.6. The molecule has 21 heavy (non-hydrogen) atoms. The molecule has 0 saturated heterocycles. The van der Waals surface area contributed by atoms with Crippen LogP contribution in [0.2, 0.25) is 0 Å². The van der Waals surface area contributed by atoms with Crippen molar-refractivity contribution in [2.45, 2.75) is 26.2 Å². The summed E-state index contributed by atoms with van der Waals surface area (Å²) in [5.41, 5.74) is 0.179. The molecule has 7 nitrogen and oxygen atoms in total. The number of hydrogen-bond donors (Lipinski definition) is 2. The third-order valence-corrected chi connectivity index (χ3v) is 3.02. The highest BCUT2D eigenvalue weighted by molar-refractivity contribution is 5.87. The van der Waals surface area contributed by atoms with Crippen LogP contribution >= 0.6 is 0 Å². The normalized spacial score (nSPS) is 14.9. The molecule has 0 amide bonds. The number of methoxy groups -OCH3 is 3. The molecular weight excluding hydrogens is 280 g/mol. The lowest BCUT2D eigenvalue weighted by Crippen LogP contribution is -2.37. The van der Waals surface area contributed by atoms with Gasteiger partial charge in [0.15, 0.2) is 0 Å². The van der Waals surface area contributed by atoms with Crippen LogP contribution in [0.4, 0.5) is 0 Å². The van der Waals surface area contributed by atoms with Gasteiger partial charge in [-0.15, -0.1) is 0 Å². The summed E-state index contributed by atoms with van der Waals surface area (Å²) in [6.45, 7) is 2.85. The second-order valence-corrected chi connectivity index (χ2v) is 4.47. The van der Waals surface area contributed by atoms with Gasteiger partial charge in [-0.2, -0.15) is 0 Å². The quantitative estimate of drug-likeness (QED) is 0.493. The van der Waals surface area contributed by atoms with Crippen molar-refractivity contribution in [3.8, 4) is 0 Å². The number of carboxylic acid groups (broad SMARTS) is 2. The lowest BCUT2D eigenvalue weighted by Gasteiger charge is -2.30. The van der Waals surface area contributed by atoms with E-state index in [4.69, 9.17) is 24.4 Å². The van der Waals surface area contributed by atoms with Crippen molar-refractivity contribution in [1.82, 2.24) is 0 Å². The van der Waals surface area contributed by atoms with E-state index in [0.29, 0.717) is 0 Å². The van der Waals surface area contributed by atoms with Gasteiger partial charge in [0.25, 0.3) is 5.97 Å². The predicted octanol–water partition coefficient (Wildman–Crippen LogP) is 1.65. The molecule has 7 heteroatoms. The fourth-order valence-electron chi connectivity index (χ4n) is 1.74. The Bertz CT molecular complexity index is 394. The Morgan fingerprint density at radius 3 is 1.52 bits per heavy atom. The lowest BCUT2D eigenvalue weighted by molar-refractivity contribution is -0.357. The predicted molar refractivity (Wildman–Crippen MR) is 74.7 cm³/mol. The minimum Gasteiger partial charge on any atom is -0.478 e. The molecule has 0 saturated carbocycles. The summed E-state index contributed by atoms with van der Waals surface area (Å²) in [5.74, 6) is -4.09. The zero-order valence-electron chi connectivity index (χ0n) is 12.9. The Kier molecular flexibility index (Phi) is 7.86. The monoisotopic (exact) mass is 302 g/mol. The van der Waals surface area contributed by atoms with Crippen molar-refractivity contribution in [3.63, 3.8) is 0 Å². The average Bonchev–Trinajstić information content (AvgIpc) is 2.44. The molecule has 0 bridgehead atoms. The van der Waals surface area contributed by atoms with Crippen LogP contribution in [0, 0.1) is 5.92 Å². The van der Waals surface area contributed by atoms with E-state index in [9.17, 15) is 9.59 Å².